The van der Waals surface area contributed by atoms with Gasteiger partial charge in [0.2, 0.25) is 0 Å². The maximum Gasteiger partial charge on any atom is 0.0917 e. The number of benzene rings is 1. The minimum absolute atomic E-state index is 0.197. The number of ether oxygens (including phenoxy) is 1. The third-order valence-electron chi connectivity index (χ3n) is 2.03. The van der Waals surface area contributed by atoms with E-state index in [0.717, 1.165) is 0 Å². The Morgan fingerprint density at radius 1 is 1.23 bits per heavy atom. The lowest BCUT2D eigenvalue weighted by atomic mass is 10.3. The first-order valence-corrected chi connectivity index (χ1v) is 5.22. The molecule has 1 aromatic rings. The first kappa shape index (κ1) is 9.06. The number of hydrogen-bond acceptors (Lipinski definition) is 3. The van der Waals surface area contributed by atoms with E-state index in [0.29, 0.717) is 13.2 Å². The van der Waals surface area contributed by atoms with E-state index in [-0.39, 0.29) is 11.4 Å². The molecular formula is C10H12O2S. The smallest absolute Gasteiger partial charge is 0.0917 e. The fourth-order valence-corrected chi connectivity index (χ4v) is 2.37. The summed E-state index contributed by atoms with van der Waals surface area (Å²) >= 11 is 1.68. The van der Waals surface area contributed by atoms with Gasteiger partial charge in [0.25, 0.3) is 0 Å². The van der Waals surface area contributed by atoms with E-state index in [2.05, 4.69) is 12.1 Å². The van der Waals surface area contributed by atoms with Crippen molar-refractivity contribution in [3.63, 3.8) is 0 Å². The Labute approximate surface area is 81.9 Å². The van der Waals surface area contributed by atoms with E-state index in [4.69, 9.17) is 4.74 Å². The molecule has 1 fully saturated rings. The van der Waals surface area contributed by atoms with E-state index in [1.54, 1.807) is 11.8 Å². The Balaban J connectivity index is 1.98. The lowest BCUT2D eigenvalue weighted by molar-refractivity contribution is 0.127. The van der Waals surface area contributed by atoms with Crippen LogP contribution in [-0.2, 0) is 4.74 Å². The van der Waals surface area contributed by atoms with Gasteiger partial charge in [-0.2, -0.15) is 0 Å². The number of aliphatic hydroxyl groups excluding tert-OH is 1. The third-order valence-corrected chi connectivity index (χ3v) is 3.33. The van der Waals surface area contributed by atoms with Gasteiger partial charge in [0.05, 0.1) is 24.6 Å². The van der Waals surface area contributed by atoms with Crippen molar-refractivity contribution >= 4 is 11.8 Å². The van der Waals surface area contributed by atoms with Gasteiger partial charge in [0.15, 0.2) is 0 Å². The van der Waals surface area contributed by atoms with Crippen LogP contribution < -0.4 is 0 Å². The second kappa shape index (κ2) is 4.13. The third kappa shape index (κ3) is 2.24. The minimum Gasteiger partial charge on any atom is -0.389 e. The summed E-state index contributed by atoms with van der Waals surface area (Å²) in [6.07, 6.45) is -0.315. The average molecular weight is 196 g/mol. The highest BCUT2D eigenvalue weighted by Crippen LogP contribution is 2.28. The zero-order valence-corrected chi connectivity index (χ0v) is 8.04. The highest BCUT2D eigenvalue weighted by molar-refractivity contribution is 8.00. The van der Waals surface area contributed by atoms with Crippen LogP contribution in [0.3, 0.4) is 0 Å². The van der Waals surface area contributed by atoms with Crippen molar-refractivity contribution in [2.45, 2.75) is 16.2 Å². The Morgan fingerprint density at radius 2 is 2.00 bits per heavy atom. The number of hydrogen-bond donors (Lipinski definition) is 1. The molecule has 2 nitrogen and oxygen atoms in total. The Bertz CT molecular complexity index is 263. The molecule has 0 amide bonds. The second-order valence-electron chi connectivity index (χ2n) is 3.07. The molecule has 0 spiro atoms. The van der Waals surface area contributed by atoms with Crippen molar-refractivity contribution in [2.75, 3.05) is 13.2 Å². The molecule has 0 aliphatic carbocycles. The zero-order valence-electron chi connectivity index (χ0n) is 7.22. The lowest BCUT2D eigenvalue weighted by Gasteiger charge is -2.10. The van der Waals surface area contributed by atoms with Crippen LogP contribution in [0.1, 0.15) is 0 Å². The molecule has 2 rings (SSSR count). The summed E-state index contributed by atoms with van der Waals surface area (Å²) in [6.45, 7) is 1.13. The fraction of sp³-hybridized carbons (Fsp3) is 0.400. The molecule has 0 saturated carbocycles. The molecule has 0 bridgehead atoms. The van der Waals surface area contributed by atoms with Crippen LogP contribution >= 0.6 is 11.8 Å². The predicted molar refractivity (Wildman–Crippen MR) is 52.9 cm³/mol. The molecule has 3 heteroatoms. The molecule has 1 aliphatic heterocycles. The average Bonchev–Trinajstić information content (AvgIpc) is 2.54. The Kier molecular flexibility index (Phi) is 2.88. The number of thioether (sulfide) groups is 1. The van der Waals surface area contributed by atoms with E-state index >= 15 is 0 Å². The van der Waals surface area contributed by atoms with Gasteiger partial charge in [-0.3, -0.25) is 0 Å². The SMILES string of the molecule is OC1COCC1Sc1ccccc1. The van der Waals surface area contributed by atoms with Gasteiger partial charge in [-0.25, -0.2) is 0 Å². The number of aliphatic hydroxyl groups is 1. The molecule has 1 aliphatic rings. The monoisotopic (exact) mass is 196 g/mol. The Morgan fingerprint density at radius 3 is 2.62 bits per heavy atom. The van der Waals surface area contributed by atoms with Crippen LogP contribution in [-0.4, -0.2) is 29.7 Å². The van der Waals surface area contributed by atoms with Gasteiger partial charge in [-0.15, -0.1) is 11.8 Å². The van der Waals surface area contributed by atoms with Crippen molar-refractivity contribution in [1.82, 2.24) is 0 Å². The molecule has 1 saturated heterocycles. The van der Waals surface area contributed by atoms with Crippen LogP contribution in [0.15, 0.2) is 35.2 Å². The van der Waals surface area contributed by atoms with Gasteiger partial charge < -0.3 is 9.84 Å². The van der Waals surface area contributed by atoms with Gasteiger partial charge >= 0.3 is 0 Å². The normalized spacial score (nSPS) is 27.8. The van der Waals surface area contributed by atoms with E-state index in [1.165, 1.54) is 4.90 Å². The molecule has 0 radical (unpaired) electrons. The second-order valence-corrected chi connectivity index (χ2v) is 4.39. The topological polar surface area (TPSA) is 29.5 Å². The van der Waals surface area contributed by atoms with E-state index < -0.39 is 0 Å². The van der Waals surface area contributed by atoms with Gasteiger partial charge in [0, 0.05) is 4.90 Å². The largest absolute Gasteiger partial charge is 0.389 e. The predicted octanol–water partition coefficient (Wildman–Crippen LogP) is 1.54. The summed E-state index contributed by atoms with van der Waals surface area (Å²) in [5, 5.41) is 9.70. The minimum atomic E-state index is -0.315. The fourth-order valence-electron chi connectivity index (χ4n) is 1.31. The van der Waals surface area contributed by atoms with Crippen molar-refractivity contribution in [3.8, 4) is 0 Å². The molecule has 70 valence electrons. The zero-order chi connectivity index (χ0) is 9.10. The molecule has 2 unspecified atom stereocenters. The molecular weight excluding hydrogens is 184 g/mol. The summed E-state index contributed by atoms with van der Waals surface area (Å²) in [7, 11) is 0. The molecule has 13 heavy (non-hydrogen) atoms. The van der Waals surface area contributed by atoms with Crippen molar-refractivity contribution in [1.29, 1.82) is 0 Å². The highest BCUT2D eigenvalue weighted by atomic mass is 32.2. The standard InChI is InChI=1S/C10H12O2S/c11-9-6-12-7-10(9)13-8-4-2-1-3-5-8/h1-5,9-11H,6-7H2. The van der Waals surface area contributed by atoms with Crippen molar-refractivity contribution in [2.24, 2.45) is 0 Å². The summed E-state index contributed by atoms with van der Waals surface area (Å²) in [5.41, 5.74) is 0. The highest BCUT2D eigenvalue weighted by Gasteiger charge is 2.26. The summed E-state index contributed by atoms with van der Waals surface area (Å²) in [5.74, 6) is 0. The Hall–Kier alpha value is -0.510. The molecule has 2 atom stereocenters. The summed E-state index contributed by atoms with van der Waals surface area (Å²) in [6, 6.07) is 10.1. The van der Waals surface area contributed by atoms with E-state index in [1.807, 2.05) is 18.2 Å². The summed E-state index contributed by atoms with van der Waals surface area (Å²) in [4.78, 5) is 1.19. The number of rotatable bonds is 2. The van der Waals surface area contributed by atoms with Crippen LogP contribution in [0.4, 0.5) is 0 Å². The van der Waals surface area contributed by atoms with Crippen LogP contribution in [0.5, 0.6) is 0 Å². The summed E-state index contributed by atoms with van der Waals surface area (Å²) < 4.78 is 5.17. The van der Waals surface area contributed by atoms with Crippen LogP contribution in [0.25, 0.3) is 0 Å². The molecule has 1 aromatic carbocycles. The van der Waals surface area contributed by atoms with Crippen LogP contribution in [0, 0.1) is 0 Å². The maximum absolute atomic E-state index is 9.50. The quantitative estimate of drug-likeness (QED) is 0.778. The lowest BCUT2D eigenvalue weighted by Crippen LogP contribution is -2.19. The maximum atomic E-state index is 9.50. The van der Waals surface area contributed by atoms with E-state index in [9.17, 15) is 5.11 Å². The first-order valence-electron chi connectivity index (χ1n) is 4.34. The van der Waals surface area contributed by atoms with Crippen molar-refractivity contribution < 1.29 is 9.84 Å². The first-order chi connectivity index (χ1) is 6.36. The van der Waals surface area contributed by atoms with Crippen LogP contribution in [0.2, 0.25) is 0 Å². The van der Waals surface area contributed by atoms with Gasteiger partial charge in [-0.1, -0.05) is 18.2 Å². The van der Waals surface area contributed by atoms with Gasteiger partial charge in [0.1, 0.15) is 0 Å². The molecule has 0 aromatic heterocycles. The van der Waals surface area contributed by atoms with Gasteiger partial charge in [-0.05, 0) is 12.1 Å². The molecule has 1 heterocycles. The van der Waals surface area contributed by atoms with Crippen molar-refractivity contribution in [3.05, 3.63) is 30.3 Å². The molecule has 1 N–H and O–H groups in total.